The first kappa shape index (κ1) is 20.3. The summed E-state index contributed by atoms with van der Waals surface area (Å²) in [5.74, 6) is -1.10. The molecule has 1 aromatic carbocycles. The largest absolute Gasteiger partial charge is 0.416 e. The van der Waals surface area contributed by atoms with Crippen LogP contribution in [0.5, 0.6) is 0 Å². The van der Waals surface area contributed by atoms with Crippen LogP contribution in [-0.4, -0.2) is 31.1 Å². The number of thiophene rings is 1. The quantitative estimate of drug-likeness (QED) is 0.757. The Morgan fingerprint density at radius 3 is 2.71 bits per heavy atom. The number of ether oxygens (including phenoxy) is 1. The van der Waals surface area contributed by atoms with E-state index in [9.17, 15) is 22.8 Å². The summed E-state index contributed by atoms with van der Waals surface area (Å²) in [6, 6.07) is 4.60. The van der Waals surface area contributed by atoms with Crippen LogP contribution in [0.25, 0.3) is 0 Å². The number of benzene rings is 1. The summed E-state index contributed by atoms with van der Waals surface area (Å²) in [6.45, 7) is 0.847. The van der Waals surface area contributed by atoms with E-state index < -0.39 is 23.6 Å². The smallest absolute Gasteiger partial charge is 0.376 e. The highest BCUT2D eigenvalue weighted by Crippen LogP contribution is 2.32. The van der Waals surface area contributed by atoms with Crippen molar-refractivity contribution in [1.82, 2.24) is 5.32 Å². The Kier molecular flexibility index (Phi) is 6.35. The summed E-state index contributed by atoms with van der Waals surface area (Å²) < 4.78 is 45.1. The molecule has 0 saturated carbocycles. The maximum atomic E-state index is 13.2. The van der Waals surface area contributed by atoms with E-state index in [0.29, 0.717) is 6.61 Å². The van der Waals surface area contributed by atoms with E-state index in [1.54, 1.807) is 11.4 Å². The molecule has 1 fully saturated rings. The van der Waals surface area contributed by atoms with E-state index in [2.05, 4.69) is 10.6 Å². The molecular formula is C19H19F3N2O3S. The van der Waals surface area contributed by atoms with Crippen LogP contribution in [0.1, 0.15) is 34.3 Å². The van der Waals surface area contributed by atoms with Crippen LogP contribution in [0.2, 0.25) is 0 Å². The standard InChI is InChI=1S/C19H19F3N2O3S/c20-19(21,22)14-7-13(18(26)23-10-16-2-1-4-27-16)8-15(9-14)24-17(25)6-12-3-5-28-11-12/h3,5,7-9,11,16H,1-2,4,6,10H2,(H,23,26)(H,24,25). The summed E-state index contributed by atoms with van der Waals surface area (Å²) in [5, 5.41) is 8.64. The number of carbonyl (C=O) groups excluding carboxylic acids is 2. The van der Waals surface area contributed by atoms with Crippen molar-refractivity contribution < 1.29 is 27.5 Å². The van der Waals surface area contributed by atoms with Gasteiger partial charge in [-0.25, -0.2) is 0 Å². The molecule has 28 heavy (non-hydrogen) atoms. The van der Waals surface area contributed by atoms with Crippen molar-refractivity contribution in [2.75, 3.05) is 18.5 Å². The number of hydrogen-bond donors (Lipinski definition) is 2. The van der Waals surface area contributed by atoms with Gasteiger partial charge in [0.1, 0.15) is 0 Å². The average Bonchev–Trinajstić information content (AvgIpc) is 3.32. The molecule has 1 aliphatic rings. The minimum Gasteiger partial charge on any atom is -0.376 e. The molecule has 1 unspecified atom stereocenters. The van der Waals surface area contributed by atoms with Crippen LogP contribution in [-0.2, 0) is 22.1 Å². The fourth-order valence-electron chi connectivity index (χ4n) is 2.89. The van der Waals surface area contributed by atoms with E-state index in [-0.39, 0.29) is 30.3 Å². The van der Waals surface area contributed by atoms with Crippen molar-refractivity contribution in [3.63, 3.8) is 0 Å². The molecule has 5 nitrogen and oxygen atoms in total. The molecule has 2 aromatic rings. The molecular weight excluding hydrogens is 393 g/mol. The van der Waals surface area contributed by atoms with Gasteiger partial charge in [0.05, 0.1) is 18.1 Å². The fraction of sp³-hybridized carbons (Fsp3) is 0.368. The zero-order valence-electron chi connectivity index (χ0n) is 14.8. The summed E-state index contributed by atoms with van der Waals surface area (Å²) in [7, 11) is 0. The Bertz CT molecular complexity index is 831. The molecule has 150 valence electrons. The molecule has 1 atom stereocenters. The lowest BCUT2D eigenvalue weighted by Gasteiger charge is -2.14. The number of hydrogen-bond acceptors (Lipinski definition) is 4. The lowest BCUT2D eigenvalue weighted by atomic mass is 10.1. The van der Waals surface area contributed by atoms with Gasteiger partial charge in [0.25, 0.3) is 5.91 Å². The third kappa shape index (κ3) is 5.56. The predicted molar refractivity (Wildman–Crippen MR) is 99.4 cm³/mol. The van der Waals surface area contributed by atoms with Gasteiger partial charge >= 0.3 is 6.18 Å². The monoisotopic (exact) mass is 412 g/mol. The Balaban J connectivity index is 1.74. The third-order valence-electron chi connectivity index (χ3n) is 4.27. The summed E-state index contributed by atoms with van der Waals surface area (Å²) in [5.41, 5.74) is -0.469. The molecule has 1 saturated heterocycles. The van der Waals surface area contributed by atoms with Crippen LogP contribution < -0.4 is 10.6 Å². The van der Waals surface area contributed by atoms with Gasteiger partial charge in [0.2, 0.25) is 5.91 Å². The fourth-order valence-corrected chi connectivity index (χ4v) is 3.56. The second-order valence-corrected chi connectivity index (χ2v) is 7.28. The molecule has 0 radical (unpaired) electrons. The molecule has 2 heterocycles. The first-order valence-electron chi connectivity index (χ1n) is 8.74. The second kappa shape index (κ2) is 8.74. The van der Waals surface area contributed by atoms with Crippen molar-refractivity contribution in [1.29, 1.82) is 0 Å². The minimum atomic E-state index is -4.64. The van der Waals surface area contributed by atoms with Crippen molar-refractivity contribution in [2.45, 2.75) is 31.5 Å². The minimum absolute atomic E-state index is 0.0420. The van der Waals surface area contributed by atoms with E-state index in [1.807, 2.05) is 5.38 Å². The number of rotatable bonds is 6. The Morgan fingerprint density at radius 1 is 1.25 bits per heavy atom. The summed E-state index contributed by atoms with van der Waals surface area (Å²) >= 11 is 1.42. The first-order valence-corrected chi connectivity index (χ1v) is 9.68. The molecule has 0 bridgehead atoms. The van der Waals surface area contributed by atoms with Crippen molar-refractivity contribution in [2.24, 2.45) is 0 Å². The molecule has 3 rings (SSSR count). The highest BCUT2D eigenvalue weighted by molar-refractivity contribution is 7.08. The lowest BCUT2D eigenvalue weighted by Crippen LogP contribution is -2.32. The van der Waals surface area contributed by atoms with E-state index in [4.69, 9.17) is 4.74 Å². The molecule has 9 heteroatoms. The second-order valence-electron chi connectivity index (χ2n) is 6.50. The van der Waals surface area contributed by atoms with Crippen molar-refractivity contribution in [3.8, 4) is 0 Å². The zero-order chi connectivity index (χ0) is 20.1. The number of anilines is 1. The maximum absolute atomic E-state index is 13.2. The molecule has 2 N–H and O–H groups in total. The molecule has 0 aliphatic carbocycles. The van der Waals surface area contributed by atoms with E-state index >= 15 is 0 Å². The van der Waals surface area contributed by atoms with Gasteiger partial charge in [-0.2, -0.15) is 24.5 Å². The van der Waals surface area contributed by atoms with E-state index in [1.165, 1.54) is 17.4 Å². The zero-order valence-corrected chi connectivity index (χ0v) is 15.7. The van der Waals surface area contributed by atoms with Gasteiger partial charge in [-0.15, -0.1) is 0 Å². The molecule has 0 spiro atoms. The van der Waals surface area contributed by atoms with Gasteiger partial charge < -0.3 is 15.4 Å². The summed E-state index contributed by atoms with van der Waals surface area (Å²) in [4.78, 5) is 24.4. The van der Waals surface area contributed by atoms with Crippen LogP contribution in [0.15, 0.2) is 35.0 Å². The normalized spacial score (nSPS) is 16.8. The SMILES string of the molecule is O=C(Cc1ccsc1)Nc1cc(C(=O)NCC2CCCO2)cc(C(F)(F)F)c1. The number of alkyl halides is 3. The third-order valence-corrected chi connectivity index (χ3v) is 5.00. The molecule has 1 aromatic heterocycles. The number of halogens is 3. The van der Waals surface area contributed by atoms with Gasteiger partial charge in [0, 0.05) is 24.4 Å². The maximum Gasteiger partial charge on any atom is 0.416 e. The lowest BCUT2D eigenvalue weighted by molar-refractivity contribution is -0.137. The average molecular weight is 412 g/mol. The number of carbonyl (C=O) groups is 2. The highest BCUT2D eigenvalue weighted by atomic mass is 32.1. The van der Waals surface area contributed by atoms with Crippen molar-refractivity contribution in [3.05, 3.63) is 51.7 Å². The number of amides is 2. The Hall–Kier alpha value is -2.39. The molecule has 1 aliphatic heterocycles. The Labute approximate surface area is 163 Å². The van der Waals surface area contributed by atoms with Gasteiger partial charge in [-0.1, -0.05) is 0 Å². The van der Waals surface area contributed by atoms with Gasteiger partial charge in [-0.3, -0.25) is 9.59 Å². The van der Waals surface area contributed by atoms with Gasteiger partial charge in [0.15, 0.2) is 0 Å². The predicted octanol–water partition coefficient (Wildman–Crippen LogP) is 3.86. The number of nitrogens with one attached hydrogen (secondary N) is 2. The highest BCUT2D eigenvalue weighted by Gasteiger charge is 2.32. The topological polar surface area (TPSA) is 67.4 Å². The van der Waals surface area contributed by atoms with Crippen LogP contribution in [0.3, 0.4) is 0 Å². The first-order chi connectivity index (χ1) is 13.3. The summed E-state index contributed by atoms with van der Waals surface area (Å²) in [6.07, 6.45) is -3.03. The van der Waals surface area contributed by atoms with E-state index in [0.717, 1.165) is 30.5 Å². The van der Waals surface area contributed by atoms with Crippen LogP contribution >= 0.6 is 11.3 Å². The molecule has 2 amide bonds. The van der Waals surface area contributed by atoms with Crippen LogP contribution in [0, 0.1) is 0 Å². The Morgan fingerprint density at radius 2 is 2.07 bits per heavy atom. The van der Waals surface area contributed by atoms with Crippen LogP contribution in [0.4, 0.5) is 18.9 Å². The van der Waals surface area contributed by atoms with Crippen molar-refractivity contribution >= 4 is 28.8 Å². The van der Waals surface area contributed by atoms with Gasteiger partial charge in [-0.05, 0) is 53.4 Å².